The fraction of sp³-hybridized carbons (Fsp3) is 0.222. The van der Waals surface area contributed by atoms with Gasteiger partial charge in [-0.15, -0.1) is 12.8 Å². The van der Waals surface area contributed by atoms with Gasteiger partial charge in [0, 0.05) is 33.4 Å². The van der Waals surface area contributed by atoms with E-state index in [2.05, 4.69) is 11.8 Å². The highest BCUT2D eigenvalue weighted by molar-refractivity contribution is 7.92. The predicted molar refractivity (Wildman–Crippen MR) is 260 cm³/mol. The van der Waals surface area contributed by atoms with Gasteiger partial charge in [0.1, 0.15) is 10.5 Å². The van der Waals surface area contributed by atoms with Gasteiger partial charge < -0.3 is 28.1 Å². The molecule has 0 aromatic heterocycles. The van der Waals surface area contributed by atoms with E-state index in [9.17, 15) is 26.4 Å². The Morgan fingerprint density at radius 1 is 0.500 bits per heavy atom. The molecule has 0 spiro atoms. The van der Waals surface area contributed by atoms with Crippen LogP contribution in [0.3, 0.4) is 0 Å². The Labute approximate surface area is 406 Å². The zero-order valence-corrected chi connectivity index (χ0v) is 39.1. The number of Topliss-reactive ketones (excluding diaryl/α,β-unsaturated/α-hetero) is 2. The van der Waals surface area contributed by atoms with Gasteiger partial charge in [0.25, 0.3) is 0 Å². The maximum Gasteiger partial charge on any atom is 0.494 e. The topological polar surface area (TPSA) is 158 Å². The summed E-state index contributed by atoms with van der Waals surface area (Å²) in [6, 6.07) is 39.9. The number of sulfone groups is 2. The van der Waals surface area contributed by atoms with Crippen molar-refractivity contribution in [3.8, 4) is 24.7 Å². The lowest BCUT2D eigenvalue weighted by molar-refractivity contribution is -0.0110. The highest BCUT2D eigenvalue weighted by Crippen LogP contribution is 2.52. The number of rotatable bonds is 10. The number of hydrogen-bond acceptors (Lipinski definition) is 12. The molecule has 70 heavy (non-hydrogen) atoms. The summed E-state index contributed by atoms with van der Waals surface area (Å²) in [6.45, 7) is 0.0812. The van der Waals surface area contributed by atoms with Crippen molar-refractivity contribution < 1.29 is 54.5 Å². The summed E-state index contributed by atoms with van der Waals surface area (Å²) in [6.07, 6.45) is 13.5. The number of benzene rings is 6. The second kappa shape index (κ2) is 17.8. The Hall–Kier alpha value is -6.43. The van der Waals surface area contributed by atoms with Crippen LogP contribution in [0.5, 0.6) is 0 Å². The van der Waals surface area contributed by atoms with Crippen molar-refractivity contribution in [2.75, 3.05) is 39.6 Å². The minimum absolute atomic E-state index is 0.0772. The zero-order chi connectivity index (χ0) is 48.4. The van der Waals surface area contributed by atoms with Gasteiger partial charge >= 0.3 is 14.2 Å². The second-order valence-electron chi connectivity index (χ2n) is 17.7. The molecule has 2 saturated heterocycles. The number of carbonyl (C=O) groups is 2. The summed E-state index contributed by atoms with van der Waals surface area (Å²) in [5, 5.41) is -2.91. The largest absolute Gasteiger partial charge is 0.494 e. The molecule has 1 aliphatic carbocycles. The quantitative estimate of drug-likeness (QED) is 0.135. The molecule has 11 rings (SSSR count). The van der Waals surface area contributed by atoms with E-state index in [0.29, 0.717) is 48.5 Å². The van der Waals surface area contributed by atoms with E-state index in [1.165, 1.54) is 24.3 Å². The van der Waals surface area contributed by atoms with Crippen LogP contribution in [-0.4, -0.2) is 92.8 Å². The molecule has 12 nitrogen and oxygen atoms in total. The molecule has 6 aromatic carbocycles. The van der Waals surface area contributed by atoms with Gasteiger partial charge in [-0.05, 0) is 34.2 Å². The molecule has 6 aromatic rings. The van der Waals surface area contributed by atoms with Gasteiger partial charge in [0.15, 0.2) is 42.4 Å². The minimum Gasteiger partial charge on any atom is -0.405 e. The highest BCUT2D eigenvalue weighted by Gasteiger charge is 2.56. The Morgan fingerprint density at radius 2 is 0.857 bits per heavy atom. The average Bonchev–Trinajstić information content (AvgIpc) is 4.15. The van der Waals surface area contributed by atoms with Gasteiger partial charge in [-0.25, -0.2) is 16.8 Å². The monoisotopic (exact) mass is 968 g/mol. The van der Waals surface area contributed by atoms with Crippen LogP contribution in [-0.2, 0) is 59.0 Å². The Balaban J connectivity index is 1.10. The first-order chi connectivity index (χ1) is 33.9. The summed E-state index contributed by atoms with van der Waals surface area (Å²) in [5.74, 6) is 2.66. The molecule has 0 radical (unpaired) electrons. The van der Waals surface area contributed by atoms with E-state index in [1.54, 1.807) is 121 Å². The molecule has 6 atom stereocenters. The number of carbonyl (C=O) groups excluding carboxylic acids is 2. The average molecular weight is 969 g/mol. The Bertz CT molecular complexity index is 3170. The van der Waals surface area contributed by atoms with Crippen LogP contribution in [0.1, 0.15) is 65.9 Å². The van der Waals surface area contributed by atoms with E-state index < -0.39 is 92.2 Å². The van der Waals surface area contributed by atoms with Crippen LogP contribution in [0.15, 0.2) is 155 Å². The molecule has 2 fully saturated rings. The predicted octanol–water partition coefficient (Wildman–Crippen LogP) is 4.92. The van der Waals surface area contributed by atoms with Crippen molar-refractivity contribution in [1.29, 1.82) is 0 Å². The molecule has 4 aliphatic heterocycles. The molecule has 348 valence electrons. The van der Waals surface area contributed by atoms with E-state index in [4.69, 9.17) is 40.9 Å². The normalized spacial score (nSPS) is 26.0. The standard InChI is InChI=1S/C54H42B2O12S2/c1-3-53(63-33-47-49(35-15-7-5-8-16-35)51(57)39-19-11-13-21-45(39)69(47,59)60)41-25-23-38(56-67-29-30-68-56)32-44(41)54(4-2,42-26-24-37(31-43(42)53)55-65-27-28-66-55)64-34-48-50(36-17-9-6-10-18-36)52(58)40-20-12-14-22-46(40)70(48,61)62/h1-2,5-26,31-32,47-50H,27-30,33-34H2. The summed E-state index contributed by atoms with van der Waals surface area (Å²) in [5.41, 5.74) is -0.748. The molecule has 0 amide bonds. The molecule has 4 heterocycles. The van der Waals surface area contributed by atoms with Crippen molar-refractivity contribution in [3.63, 3.8) is 0 Å². The van der Waals surface area contributed by atoms with E-state index in [1.807, 2.05) is 0 Å². The van der Waals surface area contributed by atoms with E-state index in [0.717, 1.165) is 0 Å². The maximum atomic E-state index is 14.9. The summed E-state index contributed by atoms with van der Waals surface area (Å²) < 4.78 is 97.6. The molecule has 0 saturated carbocycles. The molecular weight excluding hydrogens is 926 g/mol. The fourth-order valence-electron chi connectivity index (χ4n) is 10.7. The second-order valence-corrected chi connectivity index (χ2v) is 22.0. The fourth-order valence-corrected chi connectivity index (χ4v) is 14.7. The van der Waals surface area contributed by atoms with Gasteiger partial charge in [-0.2, -0.15) is 0 Å². The smallest absolute Gasteiger partial charge is 0.405 e. The summed E-state index contributed by atoms with van der Waals surface area (Å²) >= 11 is 0. The van der Waals surface area contributed by atoms with Gasteiger partial charge in [0.05, 0.1) is 61.3 Å². The lowest BCUT2D eigenvalue weighted by Gasteiger charge is -2.46. The molecule has 16 heteroatoms. The molecule has 0 bridgehead atoms. The van der Waals surface area contributed by atoms with Crippen LogP contribution in [0.4, 0.5) is 0 Å². The SMILES string of the molecule is C#CC1(OCC2C(c3ccccc3)C(=O)c3ccccc3S2(=O)=O)c2ccc(B3OCCO3)cc2C(C#C)(OCC2C(c3ccccc3)C(=O)c3ccccc3S2(=O)=O)c2ccc(B3OCCO3)cc21. The van der Waals surface area contributed by atoms with Crippen molar-refractivity contribution in [1.82, 2.24) is 0 Å². The lowest BCUT2D eigenvalue weighted by Crippen LogP contribution is -2.50. The number of fused-ring (bicyclic) bond motifs is 4. The summed E-state index contributed by atoms with van der Waals surface area (Å²) in [4.78, 5) is 28.8. The van der Waals surface area contributed by atoms with Crippen LogP contribution >= 0.6 is 0 Å². The van der Waals surface area contributed by atoms with Gasteiger partial charge in [-0.1, -0.05) is 145 Å². The maximum absolute atomic E-state index is 14.9. The Morgan fingerprint density at radius 3 is 1.23 bits per heavy atom. The van der Waals surface area contributed by atoms with E-state index >= 15 is 0 Å². The molecular formula is C54H42B2O12S2. The molecule has 6 unspecified atom stereocenters. The van der Waals surface area contributed by atoms with E-state index in [-0.39, 0.29) is 43.2 Å². The number of ether oxygens (including phenoxy) is 2. The first kappa shape index (κ1) is 46.0. The van der Waals surface area contributed by atoms with Crippen molar-refractivity contribution in [2.24, 2.45) is 0 Å². The first-order valence-electron chi connectivity index (χ1n) is 22.8. The zero-order valence-electron chi connectivity index (χ0n) is 37.4. The molecule has 0 N–H and O–H groups in total. The van der Waals surface area contributed by atoms with Crippen LogP contribution in [0.25, 0.3) is 0 Å². The summed E-state index contributed by atoms with van der Waals surface area (Å²) in [7, 11) is -10.2. The van der Waals surface area contributed by atoms with Gasteiger partial charge in [0.2, 0.25) is 0 Å². The number of ketones is 2. The van der Waals surface area contributed by atoms with Crippen LogP contribution < -0.4 is 10.9 Å². The third-order valence-corrected chi connectivity index (χ3v) is 18.4. The van der Waals surface area contributed by atoms with Gasteiger partial charge in [-0.3, -0.25) is 9.59 Å². The van der Waals surface area contributed by atoms with Crippen molar-refractivity contribution >= 4 is 56.4 Å². The highest BCUT2D eigenvalue weighted by atomic mass is 32.2. The number of terminal acetylenes is 2. The minimum atomic E-state index is -4.29. The first-order valence-corrected chi connectivity index (χ1v) is 25.9. The third kappa shape index (κ3) is 7.16. The lowest BCUT2D eigenvalue weighted by atomic mass is 9.63. The van der Waals surface area contributed by atoms with Crippen LogP contribution in [0, 0.1) is 24.7 Å². The Kier molecular flexibility index (Phi) is 11.7. The third-order valence-electron chi connectivity index (χ3n) is 14.1. The number of hydrogen-bond donors (Lipinski definition) is 0. The van der Waals surface area contributed by atoms with Crippen molar-refractivity contribution in [2.45, 2.75) is 43.3 Å². The van der Waals surface area contributed by atoms with Crippen molar-refractivity contribution in [3.05, 3.63) is 190 Å². The van der Waals surface area contributed by atoms with Crippen LogP contribution in [0.2, 0.25) is 0 Å². The molecule has 5 aliphatic rings.